The van der Waals surface area contributed by atoms with Crippen molar-refractivity contribution in [3.05, 3.63) is 40.9 Å². The van der Waals surface area contributed by atoms with E-state index in [4.69, 9.17) is 4.42 Å². The monoisotopic (exact) mass is 374 g/mol. The molecule has 0 saturated heterocycles. The van der Waals surface area contributed by atoms with Crippen LogP contribution in [0.15, 0.2) is 29.1 Å². The second kappa shape index (κ2) is 7.84. The van der Waals surface area contributed by atoms with Crippen LogP contribution < -0.4 is 5.32 Å². The summed E-state index contributed by atoms with van der Waals surface area (Å²) in [4.78, 5) is 23.3. The number of nitrogens with zero attached hydrogens (tertiary/aromatic N) is 3. The minimum atomic E-state index is -0.937. The Balaban J connectivity index is 1.91. The number of nitrogens with one attached hydrogen (secondary N) is 1. The largest absolute Gasteiger partial charge is 0.477 e. The van der Waals surface area contributed by atoms with Gasteiger partial charge in [0.2, 0.25) is 0 Å². The number of carbonyl (C=O) groups is 1. The van der Waals surface area contributed by atoms with Crippen molar-refractivity contribution < 1.29 is 14.3 Å². The van der Waals surface area contributed by atoms with E-state index < -0.39 is 5.97 Å². The first kappa shape index (κ1) is 18.3. The molecule has 0 aliphatic carbocycles. The van der Waals surface area contributed by atoms with Crippen LogP contribution in [0.1, 0.15) is 40.9 Å². The number of hydrogen-bond donors (Lipinski definition) is 2. The Kier molecular flexibility index (Phi) is 5.53. The van der Waals surface area contributed by atoms with Crippen LogP contribution in [0.2, 0.25) is 0 Å². The Bertz CT molecular complexity index is 887. The number of carboxylic acids is 1. The molecule has 0 fully saturated rings. The fourth-order valence-electron chi connectivity index (χ4n) is 3.16. The lowest BCUT2D eigenvalue weighted by Crippen LogP contribution is -2.33. The van der Waals surface area contributed by atoms with Crippen molar-refractivity contribution >= 4 is 33.3 Å². The number of anilines is 1. The highest BCUT2D eigenvalue weighted by molar-refractivity contribution is 7.20. The molecule has 3 rings (SSSR count). The molecule has 0 amide bonds. The van der Waals surface area contributed by atoms with Crippen molar-refractivity contribution in [3.8, 4) is 0 Å². The van der Waals surface area contributed by atoms with Crippen LogP contribution in [-0.2, 0) is 0 Å². The van der Waals surface area contributed by atoms with E-state index in [9.17, 15) is 9.90 Å². The molecule has 2 N–H and O–H groups in total. The Hall–Kier alpha value is -2.45. The van der Waals surface area contributed by atoms with Crippen LogP contribution in [0.5, 0.6) is 0 Å². The molecular formula is C18H22N4O3S. The summed E-state index contributed by atoms with van der Waals surface area (Å²) in [6.07, 6.45) is 3.14. The Morgan fingerprint density at radius 3 is 2.77 bits per heavy atom. The molecule has 8 heteroatoms. The van der Waals surface area contributed by atoms with Gasteiger partial charge in [-0.2, -0.15) is 0 Å². The fourth-order valence-corrected chi connectivity index (χ4v) is 4.15. The maximum absolute atomic E-state index is 11.4. The number of likely N-dealkylation sites (N-methyl/N-ethyl adjacent to an activating group) is 1. The van der Waals surface area contributed by atoms with Crippen LogP contribution in [0.3, 0.4) is 0 Å². The average molecular weight is 374 g/mol. The summed E-state index contributed by atoms with van der Waals surface area (Å²) in [5, 5.41) is 13.5. The molecule has 0 unspecified atom stereocenters. The smallest absolute Gasteiger partial charge is 0.346 e. The number of aromatic nitrogens is 2. The number of thiophene rings is 1. The molecule has 0 spiro atoms. The number of carboxylic acid groups (broad SMARTS) is 1. The number of aryl methyl sites for hydroxylation is 1. The van der Waals surface area contributed by atoms with Crippen LogP contribution in [-0.4, -0.2) is 45.6 Å². The van der Waals surface area contributed by atoms with Gasteiger partial charge in [0.05, 0.1) is 17.7 Å². The first-order valence-electron chi connectivity index (χ1n) is 8.55. The molecule has 7 nitrogen and oxygen atoms in total. The maximum atomic E-state index is 11.4. The zero-order chi connectivity index (χ0) is 18.7. The summed E-state index contributed by atoms with van der Waals surface area (Å²) in [7, 11) is 0. The van der Waals surface area contributed by atoms with Crippen LogP contribution in [0.25, 0.3) is 10.2 Å². The van der Waals surface area contributed by atoms with Gasteiger partial charge < -0.3 is 14.8 Å². The van der Waals surface area contributed by atoms with Crippen LogP contribution >= 0.6 is 11.3 Å². The summed E-state index contributed by atoms with van der Waals surface area (Å²) in [5.74, 6) is 0.604. The topological polar surface area (TPSA) is 91.5 Å². The normalized spacial score (nSPS) is 12.6. The number of furan rings is 1. The Morgan fingerprint density at radius 2 is 2.15 bits per heavy atom. The van der Waals surface area contributed by atoms with Crippen molar-refractivity contribution in [2.75, 3.05) is 25.0 Å². The summed E-state index contributed by atoms with van der Waals surface area (Å²) in [5.41, 5.74) is 0.693. The lowest BCUT2D eigenvalue weighted by atomic mass is 10.1. The lowest BCUT2D eigenvalue weighted by Gasteiger charge is -2.28. The van der Waals surface area contributed by atoms with Gasteiger partial charge in [-0.05, 0) is 37.7 Å². The van der Waals surface area contributed by atoms with E-state index in [-0.39, 0.29) is 6.04 Å². The van der Waals surface area contributed by atoms with Gasteiger partial charge in [-0.3, -0.25) is 4.90 Å². The standard InChI is InChI=1S/C18H22N4O3S/c1-4-22(5-2)12(13-7-6-8-25-13)9-19-16-14-11(3)15(18(23)24)26-17(14)21-10-20-16/h6-8,10,12H,4-5,9H2,1-3H3,(H,23,24)(H,19,20,21)/t12-/m1/s1. The predicted octanol–water partition coefficient (Wildman–Crippen LogP) is 3.79. The first-order valence-corrected chi connectivity index (χ1v) is 9.37. The molecule has 0 aliphatic heterocycles. The second-order valence-electron chi connectivity index (χ2n) is 5.90. The molecule has 1 atom stereocenters. The van der Waals surface area contributed by atoms with Gasteiger partial charge in [-0.25, -0.2) is 14.8 Å². The number of fused-ring (bicyclic) bond motifs is 1. The third-order valence-corrected chi connectivity index (χ3v) is 5.70. The Morgan fingerprint density at radius 1 is 1.38 bits per heavy atom. The summed E-state index contributed by atoms with van der Waals surface area (Å²) in [6.45, 7) is 8.41. The van der Waals surface area contributed by atoms with Crippen molar-refractivity contribution in [2.24, 2.45) is 0 Å². The highest BCUT2D eigenvalue weighted by Crippen LogP contribution is 2.33. The van der Waals surface area contributed by atoms with E-state index in [1.54, 1.807) is 13.2 Å². The van der Waals surface area contributed by atoms with E-state index in [1.165, 1.54) is 17.7 Å². The summed E-state index contributed by atoms with van der Waals surface area (Å²) >= 11 is 1.17. The molecule has 26 heavy (non-hydrogen) atoms. The number of aromatic carboxylic acids is 1. The summed E-state index contributed by atoms with van der Waals surface area (Å²) < 4.78 is 5.63. The van der Waals surface area contributed by atoms with E-state index in [0.29, 0.717) is 27.6 Å². The predicted molar refractivity (Wildman–Crippen MR) is 102 cm³/mol. The number of rotatable bonds is 8. The number of hydrogen-bond acceptors (Lipinski definition) is 7. The third kappa shape index (κ3) is 3.42. The van der Waals surface area contributed by atoms with Gasteiger partial charge in [0.25, 0.3) is 0 Å². The van der Waals surface area contributed by atoms with Crippen molar-refractivity contribution in [1.29, 1.82) is 0 Å². The third-order valence-electron chi connectivity index (χ3n) is 4.51. The van der Waals surface area contributed by atoms with E-state index >= 15 is 0 Å². The molecule has 3 heterocycles. The van der Waals surface area contributed by atoms with Crippen molar-refractivity contribution in [3.63, 3.8) is 0 Å². The van der Waals surface area contributed by atoms with Gasteiger partial charge in [-0.15, -0.1) is 11.3 Å². The van der Waals surface area contributed by atoms with E-state index in [0.717, 1.165) is 24.2 Å². The van der Waals surface area contributed by atoms with Crippen LogP contribution in [0.4, 0.5) is 5.82 Å². The van der Waals surface area contributed by atoms with Crippen LogP contribution in [0, 0.1) is 6.92 Å². The highest BCUT2D eigenvalue weighted by Gasteiger charge is 2.23. The van der Waals surface area contributed by atoms with Gasteiger partial charge >= 0.3 is 5.97 Å². The molecule has 0 radical (unpaired) electrons. The molecule has 0 saturated carbocycles. The van der Waals surface area contributed by atoms with E-state index in [1.807, 2.05) is 12.1 Å². The average Bonchev–Trinajstić information content (AvgIpc) is 3.27. The summed E-state index contributed by atoms with van der Waals surface area (Å²) in [6, 6.07) is 3.91. The molecule has 138 valence electrons. The zero-order valence-electron chi connectivity index (χ0n) is 15.0. The highest BCUT2D eigenvalue weighted by atomic mass is 32.1. The van der Waals surface area contributed by atoms with Gasteiger partial charge in [0.1, 0.15) is 27.6 Å². The van der Waals surface area contributed by atoms with E-state index in [2.05, 4.69) is 34.0 Å². The first-order chi connectivity index (χ1) is 12.6. The molecular weight excluding hydrogens is 352 g/mol. The minimum absolute atomic E-state index is 0.0582. The second-order valence-corrected chi connectivity index (χ2v) is 6.90. The zero-order valence-corrected chi connectivity index (χ0v) is 15.8. The molecule has 0 bridgehead atoms. The quantitative estimate of drug-likeness (QED) is 0.620. The van der Waals surface area contributed by atoms with Gasteiger partial charge in [-0.1, -0.05) is 13.8 Å². The molecule has 0 aromatic carbocycles. The van der Waals surface area contributed by atoms with Gasteiger partial charge in [0, 0.05) is 6.54 Å². The Labute approximate surface area is 155 Å². The SMILES string of the molecule is CCN(CC)[C@H](CNc1ncnc2sc(C(=O)O)c(C)c12)c1ccco1. The minimum Gasteiger partial charge on any atom is -0.477 e. The fraction of sp³-hybridized carbons (Fsp3) is 0.389. The molecule has 0 aliphatic rings. The lowest BCUT2D eigenvalue weighted by molar-refractivity contribution is 0.0701. The molecule has 3 aromatic heterocycles. The van der Waals surface area contributed by atoms with Crippen molar-refractivity contribution in [2.45, 2.75) is 26.8 Å². The molecule has 3 aromatic rings. The van der Waals surface area contributed by atoms with Gasteiger partial charge in [0.15, 0.2) is 0 Å². The maximum Gasteiger partial charge on any atom is 0.346 e. The van der Waals surface area contributed by atoms with Crippen molar-refractivity contribution in [1.82, 2.24) is 14.9 Å².